The molecule has 1 aliphatic carbocycles. The smallest absolute Gasteiger partial charge is 0.272 e. The Morgan fingerprint density at radius 3 is 3.06 bits per heavy atom. The number of nitrogens with one attached hydrogen (secondary N) is 1. The van der Waals surface area contributed by atoms with Gasteiger partial charge in [0.1, 0.15) is 0 Å². The van der Waals surface area contributed by atoms with E-state index in [0.29, 0.717) is 11.4 Å². The monoisotopic (exact) mass is 235 g/mol. The zero-order chi connectivity index (χ0) is 12.3. The molecule has 0 saturated heterocycles. The zero-order valence-corrected chi connectivity index (χ0v) is 9.85. The molecule has 0 radical (unpaired) electrons. The van der Waals surface area contributed by atoms with Crippen molar-refractivity contribution in [1.82, 2.24) is 10.3 Å². The highest BCUT2D eigenvalue weighted by Gasteiger charge is 2.31. The van der Waals surface area contributed by atoms with Crippen LogP contribution in [0.4, 0.5) is 5.69 Å². The normalized spacial score (nSPS) is 22.9. The summed E-state index contributed by atoms with van der Waals surface area (Å²) in [5, 5.41) is 2.90. The second-order valence-electron chi connectivity index (χ2n) is 4.16. The molecule has 0 bridgehead atoms. The molecular weight excluding hydrogens is 218 g/mol. The third-order valence-electron chi connectivity index (χ3n) is 2.89. The minimum atomic E-state index is -0.206. The van der Waals surface area contributed by atoms with E-state index < -0.39 is 0 Å². The van der Waals surface area contributed by atoms with Crippen LogP contribution < -0.4 is 11.1 Å². The summed E-state index contributed by atoms with van der Waals surface area (Å²) in [6.07, 6.45) is 3.58. The number of nitrogen functional groups attached to an aromatic ring is 1. The van der Waals surface area contributed by atoms with Crippen LogP contribution in [0.1, 0.15) is 30.3 Å². The van der Waals surface area contributed by atoms with Crippen molar-refractivity contribution in [2.24, 2.45) is 0 Å². The van der Waals surface area contributed by atoms with Crippen molar-refractivity contribution in [3.05, 3.63) is 24.0 Å². The van der Waals surface area contributed by atoms with Gasteiger partial charge in [-0.05, 0) is 31.9 Å². The predicted octanol–water partition coefficient (Wildman–Crippen LogP) is 0.961. The van der Waals surface area contributed by atoms with Crippen molar-refractivity contribution < 1.29 is 9.53 Å². The van der Waals surface area contributed by atoms with Gasteiger partial charge in [0, 0.05) is 18.8 Å². The van der Waals surface area contributed by atoms with Gasteiger partial charge in [0.05, 0.1) is 11.8 Å². The van der Waals surface area contributed by atoms with Crippen LogP contribution in [0.3, 0.4) is 0 Å². The van der Waals surface area contributed by atoms with Crippen molar-refractivity contribution in [2.45, 2.75) is 31.9 Å². The van der Waals surface area contributed by atoms with Crippen LogP contribution in [-0.2, 0) is 4.74 Å². The summed E-state index contributed by atoms with van der Waals surface area (Å²) in [4.78, 5) is 15.8. The number of anilines is 1. The first kappa shape index (κ1) is 11.9. The molecule has 17 heavy (non-hydrogen) atoms. The van der Waals surface area contributed by atoms with E-state index in [1.807, 2.05) is 6.92 Å². The highest BCUT2D eigenvalue weighted by molar-refractivity contribution is 5.97. The summed E-state index contributed by atoms with van der Waals surface area (Å²) in [7, 11) is 0. The lowest BCUT2D eigenvalue weighted by molar-refractivity contribution is -0.00865. The highest BCUT2D eigenvalue weighted by Crippen LogP contribution is 2.23. The summed E-state index contributed by atoms with van der Waals surface area (Å²) < 4.78 is 5.43. The lowest BCUT2D eigenvalue weighted by Gasteiger charge is -2.35. The van der Waals surface area contributed by atoms with Gasteiger partial charge in [0.2, 0.25) is 0 Å². The Kier molecular flexibility index (Phi) is 3.58. The Morgan fingerprint density at radius 2 is 2.41 bits per heavy atom. The number of aromatic nitrogens is 1. The molecule has 1 aromatic rings. The molecule has 1 saturated carbocycles. The Bertz CT molecular complexity index is 402. The minimum Gasteiger partial charge on any atom is -0.397 e. The molecule has 1 aliphatic rings. The van der Waals surface area contributed by atoms with Crippen molar-refractivity contribution in [2.75, 3.05) is 12.3 Å². The molecule has 1 amide bonds. The standard InChI is InChI=1S/C12H17N3O2/c1-2-17-9-6-8(7-9)15-12(16)11-10(13)4-3-5-14-11/h3-5,8-9H,2,6-7,13H2,1H3,(H,15,16). The average Bonchev–Trinajstić information content (AvgIpc) is 2.26. The second-order valence-corrected chi connectivity index (χ2v) is 4.16. The third-order valence-corrected chi connectivity index (χ3v) is 2.89. The van der Waals surface area contributed by atoms with E-state index in [0.717, 1.165) is 19.4 Å². The lowest BCUT2D eigenvalue weighted by atomic mass is 9.89. The zero-order valence-electron chi connectivity index (χ0n) is 9.85. The lowest BCUT2D eigenvalue weighted by Crippen LogP contribution is -2.48. The predicted molar refractivity (Wildman–Crippen MR) is 64.6 cm³/mol. The molecule has 1 aromatic heterocycles. The molecular formula is C12H17N3O2. The number of hydrogen-bond acceptors (Lipinski definition) is 4. The molecule has 0 unspecified atom stereocenters. The van der Waals surface area contributed by atoms with Crippen molar-refractivity contribution >= 4 is 11.6 Å². The summed E-state index contributed by atoms with van der Waals surface area (Å²) in [5.74, 6) is -0.206. The molecule has 0 atom stereocenters. The van der Waals surface area contributed by atoms with Crippen molar-refractivity contribution in [3.8, 4) is 0 Å². The summed E-state index contributed by atoms with van der Waals surface area (Å²) in [6, 6.07) is 3.56. The first-order valence-corrected chi connectivity index (χ1v) is 5.83. The van der Waals surface area contributed by atoms with Gasteiger partial charge in [0.15, 0.2) is 5.69 Å². The van der Waals surface area contributed by atoms with Crippen LogP contribution in [0.2, 0.25) is 0 Å². The fourth-order valence-electron chi connectivity index (χ4n) is 1.92. The number of nitrogens with zero attached hydrogens (tertiary/aromatic N) is 1. The molecule has 1 heterocycles. The third kappa shape index (κ3) is 2.74. The molecule has 0 spiro atoms. The topological polar surface area (TPSA) is 77.2 Å². The van der Waals surface area contributed by atoms with E-state index in [2.05, 4.69) is 10.3 Å². The van der Waals surface area contributed by atoms with E-state index >= 15 is 0 Å². The molecule has 3 N–H and O–H groups in total. The molecule has 1 fully saturated rings. The maximum absolute atomic E-state index is 11.8. The number of carbonyl (C=O) groups is 1. The van der Waals surface area contributed by atoms with E-state index in [1.54, 1.807) is 18.3 Å². The second kappa shape index (κ2) is 5.14. The van der Waals surface area contributed by atoms with Crippen LogP contribution in [0.25, 0.3) is 0 Å². The number of carbonyl (C=O) groups excluding carboxylic acids is 1. The number of rotatable bonds is 4. The first-order valence-electron chi connectivity index (χ1n) is 5.83. The number of nitrogens with two attached hydrogens (primary N) is 1. The van der Waals surface area contributed by atoms with E-state index in [-0.39, 0.29) is 18.1 Å². The summed E-state index contributed by atoms with van der Waals surface area (Å²) in [5.41, 5.74) is 6.39. The molecule has 5 heteroatoms. The van der Waals surface area contributed by atoms with Crippen molar-refractivity contribution in [1.29, 1.82) is 0 Å². The molecule has 2 rings (SSSR count). The van der Waals surface area contributed by atoms with Gasteiger partial charge >= 0.3 is 0 Å². The Morgan fingerprint density at radius 1 is 1.65 bits per heavy atom. The van der Waals surface area contributed by atoms with Gasteiger partial charge < -0.3 is 15.8 Å². The van der Waals surface area contributed by atoms with Crippen LogP contribution in [0, 0.1) is 0 Å². The van der Waals surface area contributed by atoms with Gasteiger partial charge in [0.25, 0.3) is 5.91 Å². The van der Waals surface area contributed by atoms with E-state index in [9.17, 15) is 4.79 Å². The quantitative estimate of drug-likeness (QED) is 0.815. The van der Waals surface area contributed by atoms with Gasteiger partial charge in [-0.15, -0.1) is 0 Å². The summed E-state index contributed by atoms with van der Waals surface area (Å²) >= 11 is 0. The SMILES string of the molecule is CCOC1CC(NC(=O)c2ncccc2N)C1. The van der Waals surface area contributed by atoms with E-state index in [1.165, 1.54) is 0 Å². The largest absolute Gasteiger partial charge is 0.397 e. The maximum Gasteiger partial charge on any atom is 0.272 e. The van der Waals surface area contributed by atoms with Gasteiger partial charge in [-0.1, -0.05) is 0 Å². The van der Waals surface area contributed by atoms with Gasteiger partial charge in [-0.2, -0.15) is 0 Å². The fraction of sp³-hybridized carbons (Fsp3) is 0.500. The number of hydrogen-bond donors (Lipinski definition) is 2. The molecule has 5 nitrogen and oxygen atoms in total. The number of pyridine rings is 1. The Labute approximate surface area is 100 Å². The van der Waals surface area contributed by atoms with Crippen LogP contribution in [-0.4, -0.2) is 29.6 Å². The highest BCUT2D eigenvalue weighted by atomic mass is 16.5. The van der Waals surface area contributed by atoms with Crippen LogP contribution in [0.15, 0.2) is 18.3 Å². The maximum atomic E-state index is 11.8. The fourth-order valence-corrected chi connectivity index (χ4v) is 1.92. The summed E-state index contributed by atoms with van der Waals surface area (Å²) in [6.45, 7) is 2.69. The minimum absolute atomic E-state index is 0.181. The van der Waals surface area contributed by atoms with Gasteiger partial charge in [-0.25, -0.2) is 4.98 Å². The van der Waals surface area contributed by atoms with Crippen LogP contribution >= 0.6 is 0 Å². The average molecular weight is 235 g/mol. The van der Waals surface area contributed by atoms with E-state index in [4.69, 9.17) is 10.5 Å². The number of ether oxygens (including phenoxy) is 1. The van der Waals surface area contributed by atoms with Crippen molar-refractivity contribution in [3.63, 3.8) is 0 Å². The van der Waals surface area contributed by atoms with Crippen LogP contribution in [0.5, 0.6) is 0 Å². The molecule has 0 aromatic carbocycles. The Balaban J connectivity index is 1.85. The number of amides is 1. The molecule has 92 valence electrons. The Hall–Kier alpha value is -1.62. The first-order chi connectivity index (χ1) is 8.20. The molecule has 0 aliphatic heterocycles. The van der Waals surface area contributed by atoms with Gasteiger partial charge in [-0.3, -0.25) is 4.79 Å².